The lowest BCUT2D eigenvalue weighted by atomic mass is 9.91. The van der Waals surface area contributed by atoms with E-state index in [0.717, 1.165) is 17.1 Å². The normalized spacial score (nSPS) is 13.8. The van der Waals surface area contributed by atoms with Crippen molar-refractivity contribution in [3.63, 3.8) is 0 Å². The molecular formula is C14H20ClN3. The average Bonchev–Trinajstić information content (AvgIpc) is 2.26. The van der Waals surface area contributed by atoms with E-state index in [0.29, 0.717) is 11.6 Å². The molecule has 18 heavy (non-hydrogen) atoms. The third-order valence-corrected chi connectivity index (χ3v) is 2.71. The first-order valence-electron chi connectivity index (χ1n) is 5.84. The number of allylic oxidation sites excluding steroid dienone is 1. The lowest BCUT2D eigenvalue weighted by molar-refractivity contribution is 0.498. The summed E-state index contributed by atoms with van der Waals surface area (Å²) in [6.45, 7) is 6.48. The summed E-state index contributed by atoms with van der Waals surface area (Å²) in [5, 5.41) is 0.653. The van der Waals surface area contributed by atoms with Gasteiger partial charge in [-0.25, -0.2) is 0 Å². The van der Waals surface area contributed by atoms with Crippen molar-refractivity contribution < 1.29 is 0 Å². The van der Waals surface area contributed by atoms with Crippen LogP contribution in [0.1, 0.15) is 20.8 Å². The lowest BCUT2D eigenvalue weighted by Gasteiger charge is -2.19. The fourth-order valence-electron chi connectivity index (χ4n) is 1.24. The molecule has 3 nitrogen and oxygen atoms in total. The molecule has 0 fully saturated rings. The van der Waals surface area contributed by atoms with Gasteiger partial charge in [0, 0.05) is 22.7 Å². The summed E-state index contributed by atoms with van der Waals surface area (Å²) < 4.78 is 0. The second kappa shape index (κ2) is 6.03. The Kier molecular flexibility index (Phi) is 4.93. The number of benzene rings is 1. The van der Waals surface area contributed by atoms with Crippen LogP contribution in [0.3, 0.4) is 0 Å². The van der Waals surface area contributed by atoms with Gasteiger partial charge in [-0.05, 0) is 24.3 Å². The Morgan fingerprint density at radius 1 is 1.39 bits per heavy atom. The monoisotopic (exact) mass is 265 g/mol. The van der Waals surface area contributed by atoms with Crippen LogP contribution in [-0.2, 0) is 0 Å². The second-order valence-electron chi connectivity index (χ2n) is 5.14. The van der Waals surface area contributed by atoms with Crippen LogP contribution >= 0.6 is 11.6 Å². The van der Waals surface area contributed by atoms with E-state index in [1.165, 1.54) is 0 Å². The van der Waals surface area contributed by atoms with Gasteiger partial charge < -0.3 is 11.5 Å². The molecular weight excluding hydrogens is 246 g/mol. The van der Waals surface area contributed by atoms with E-state index in [9.17, 15) is 0 Å². The van der Waals surface area contributed by atoms with Gasteiger partial charge in [0.2, 0.25) is 0 Å². The number of hydrogen-bond donors (Lipinski definition) is 2. The molecule has 0 saturated carbocycles. The van der Waals surface area contributed by atoms with Crippen molar-refractivity contribution in [1.82, 2.24) is 0 Å². The van der Waals surface area contributed by atoms with Crippen LogP contribution in [-0.4, -0.2) is 12.3 Å². The maximum absolute atomic E-state index is 6.01. The number of nitrogens with two attached hydrogens (primary N) is 2. The van der Waals surface area contributed by atoms with Gasteiger partial charge >= 0.3 is 0 Å². The zero-order valence-corrected chi connectivity index (χ0v) is 11.8. The molecule has 0 saturated heterocycles. The molecule has 0 aliphatic carbocycles. The average molecular weight is 266 g/mol. The van der Waals surface area contributed by atoms with E-state index in [2.05, 4.69) is 4.99 Å². The molecule has 1 aromatic carbocycles. The molecule has 1 rings (SSSR count). The molecule has 0 atom stereocenters. The number of halogens is 1. The van der Waals surface area contributed by atoms with E-state index in [-0.39, 0.29) is 5.41 Å². The van der Waals surface area contributed by atoms with E-state index in [1.807, 2.05) is 45.0 Å². The Labute approximate surface area is 114 Å². The van der Waals surface area contributed by atoms with Crippen molar-refractivity contribution in [3.05, 3.63) is 41.1 Å². The lowest BCUT2D eigenvalue weighted by Crippen LogP contribution is -2.21. The minimum atomic E-state index is -0.0930. The third kappa shape index (κ3) is 4.51. The summed E-state index contributed by atoms with van der Waals surface area (Å²) in [5.74, 6) is 0. The van der Waals surface area contributed by atoms with Gasteiger partial charge in [-0.1, -0.05) is 38.4 Å². The van der Waals surface area contributed by atoms with Crippen LogP contribution in [0.2, 0.25) is 5.02 Å². The van der Waals surface area contributed by atoms with Crippen LogP contribution in [0.15, 0.2) is 41.0 Å². The Morgan fingerprint density at radius 3 is 2.56 bits per heavy atom. The van der Waals surface area contributed by atoms with Gasteiger partial charge in [-0.2, -0.15) is 0 Å². The molecule has 0 amide bonds. The molecule has 0 aromatic heterocycles. The molecule has 0 spiro atoms. The largest absolute Gasteiger partial charge is 0.402 e. The van der Waals surface area contributed by atoms with Crippen molar-refractivity contribution >= 4 is 23.0 Å². The van der Waals surface area contributed by atoms with Crippen LogP contribution < -0.4 is 11.5 Å². The zero-order valence-electron chi connectivity index (χ0n) is 11.1. The third-order valence-electron chi connectivity index (χ3n) is 2.48. The standard InChI is InChI=1S/C14H20ClN3/c1-14(2,3)13(17)8-12(9-16)18-11-6-4-5-10(15)7-11/h4-8H,9,16-17H2,1-3H3. The van der Waals surface area contributed by atoms with Crippen LogP contribution in [0.4, 0.5) is 5.69 Å². The van der Waals surface area contributed by atoms with E-state index >= 15 is 0 Å². The molecule has 0 unspecified atom stereocenters. The van der Waals surface area contributed by atoms with Gasteiger partial charge in [0.1, 0.15) is 0 Å². The molecule has 0 bridgehead atoms. The molecule has 98 valence electrons. The summed E-state index contributed by atoms with van der Waals surface area (Å²) in [5.41, 5.74) is 13.9. The van der Waals surface area contributed by atoms with E-state index < -0.39 is 0 Å². The molecule has 0 heterocycles. The smallest absolute Gasteiger partial charge is 0.0648 e. The molecule has 0 radical (unpaired) electrons. The summed E-state index contributed by atoms with van der Waals surface area (Å²) in [6, 6.07) is 7.33. The zero-order chi connectivity index (χ0) is 13.8. The predicted molar refractivity (Wildman–Crippen MR) is 79.3 cm³/mol. The van der Waals surface area contributed by atoms with Crippen LogP contribution in [0.5, 0.6) is 0 Å². The SMILES string of the molecule is CC(C)(C)C(N)=CC(CN)=Nc1cccc(Cl)c1. The number of rotatable bonds is 3. The highest BCUT2D eigenvalue weighted by atomic mass is 35.5. The molecule has 0 aliphatic heterocycles. The second-order valence-corrected chi connectivity index (χ2v) is 5.57. The van der Waals surface area contributed by atoms with Crippen LogP contribution in [0.25, 0.3) is 0 Å². The first-order chi connectivity index (χ1) is 8.32. The summed E-state index contributed by atoms with van der Waals surface area (Å²) in [4.78, 5) is 4.44. The van der Waals surface area contributed by atoms with Crippen molar-refractivity contribution in [2.24, 2.45) is 21.9 Å². The Morgan fingerprint density at radius 2 is 2.06 bits per heavy atom. The van der Waals surface area contributed by atoms with Gasteiger partial charge in [-0.15, -0.1) is 0 Å². The number of aliphatic imine (C=N–C) groups is 1. The van der Waals surface area contributed by atoms with E-state index in [1.54, 1.807) is 6.07 Å². The maximum atomic E-state index is 6.01. The van der Waals surface area contributed by atoms with Gasteiger partial charge in [0.05, 0.1) is 11.4 Å². The Hall–Kier alpha value is -1.32. The fourth-order valence-corrected chi connectivity index (χ4v) is 1.43. The number of hydrogen-bond acceptors (Lipinski definition) is 3. The summed E-state index contributed by atoms with van der Waals surface area (Å²) in [7, 11) is 0. The highest BCUT2D eigenvalue weighted by molar-refractivity contribution is 6.30. The minimum absolute atomic E-state index is 0.0930. The topological polar surface area (TPSA) is 64.4 Å². The van der Waals surface area contributed by atoms with Crippen molar-refractivity contribution in [1.29, 1.82) is 0 Å². The van der Waals surface area contributed by atoms with Gasteiger partial charge in [-0.3, -0.25) is 4.99 Å². The first kappa shape index (κ1) is 14.7. The van der Waals surface area contributed by atoms with Gasteiger partial charge in [0.15, 0.2) is 0 Å². The molecule has 4 N–H and O–H groups in total. The van der Waals surface area contributed by atoms with Crippen molar-refractivity contribution in [2.75, 3.05) is 6.54 Å². The first-order valence-corrected chi connectivity index (χ1v) is 6.21. The molecule has 0 aliphatic rings. The minimum Gasteiger partial charge on any atom is -0.402 e. The molecule has 4 heteroatoms. The molecule has 1 aromatic rings. The summed E-state index contributed by atoms with van der Waals surface area (Å²) in [6.07, 6.45) is 1.83. The van der Waals surface area contributed by atoms with Crippen LogP contribution in [0, 0.1) is 5.41 Å². The quantitative estimate of drug-likeness (QED) is 0.824. The Balaban J connectivity index is 3.04. The summed E-state index contributed by atoms with van der Waals surface area (Å²) >= 11 is 5.91. The Bertz CT molecular complexity index is 470. The van der Waals surface area contributed by atoms with E-state index in [4.69, 9.17) is 23.1 Å². The number of nitrogens with zero attached hydrogens (tertiary/aromatic N) is 1. The van der Waals surface area contributed by atoms with Crippen molar-refractivity contribution in [2.45, 2.75) is 20.8 Å². The fraction of sp³-hybridized carbons (Fsp3) is 0.357. The predicted octanol–water partition coefficient (Wildman–Crippen LogP) is 3.26. The highest BCUT2D eigenvalue weighted by Crippen LogP contribution is 2.22. The van der Waals surface area contributed by atoms with Gasteiger partial charge in [0.25, 0.3) is 0 Å². The highest BCUT2D eigenvalue weighted by Gasteiger charge is 2.13. The maximum Gasteiger partial charge on any atom is 0.0648 e. The van der Waals surface area contributed by atoms with Crippen molar-refractivity contribution in [3.8, 4) is 0 Å².